The van der Waals surface area contributed by atoms with Crippen LogP contribution in [0.4, 0.5) is 0 Å². The summed E-state index contributed by atoms with van der Waals surface area (Å²) in [5, 5.41) is 3.25. The highest BCUT2D eigenvalue weighted by Crippen LogP contribution is 2.32. The lowest BCUT2D eigenvalue weighted by molar-refractivity contribution is 0.174. The quantitative estimate of drug-likeness (QED) is 0.650. The van der Waals surface area contributed by atoms with Crippen LogP contribution in [0.2, 0.25) is 0 Å². The van der Waals surface area contributed by atoms with Gasteiger partial charge >= 0.3 is 0 Å². The molecule has 0 radical (unpaired) electrons. The summed E-state index contributed by atoms with van der Waals surface area (Å²) >= 11 is 5.43. The minimum Gasteiger partial charge on any atom is -0.490 e. The van der Waals surface area contributed by atoms with Crippen LogP contribution in [0.1, 0.15) is 11.1 Å². The Morgan fingerprint density at radius 2 is 1.96 bits per heavy atom. The Kier molecular flexibility index (Phi) is 4.78. The fraction of sp³-hybridized carbons (Fsp3) is 0.167. The van der Waals surface area contributed by atoms with E-state index in [4.69, 9.17) is 26.4 Å². The lowest BCUT2D eigenvalue weighted by Gasteiger charge is -2.10. The third kappa shape index (κ3) is 3.81. The van der Waals surface area contributed by atoms with Gasteiger partial charge in [-0.1, -0.05) is 30.9 Å². The number of hydrogen-bond donors (Lipinski definition) is 1. The van der Waals surface area contributed by atoms with Crippen LogP contribution in [0.3, 0.4) is 0 Å². The van der Waals surface area contributed by atoms with Crippen molar-refractivity contribution in [3.05, 3.63) is 66.2 Å². The van der Waals surface area contributed by atoms with E-state index in [0.29, 0.717) is 18.1 Å². The van der Waals surface area contributed by atoms with Crippen LogP contribution in [0.15, 0.2) is 55.1 Å². The van der Waals surface area contributed by atoms with Gasteiger partial charge in [-0.2, -0.15) is 0 Å². The molecule has 2 aromatic carbocycles. The minimum atomic E-state index is 0.283. The Balaban J connectivity index is 1.57. The molecule has 4 nitrogen and oxygen atoms in total. The van der Waals surface area contributed by atoms with E-state index < -0.39 is 0 Å². The normalized spacial score (nSPS) is 11.8. The van der Waals surface area contributed by atoms with E-state index >= 15 is 0 Å². The lowest BCUT2D eigenvalue weighted by Crippen LogP contribution is -2.21. The zero-order valence-corrected chi connectivity index (χ0v) is 13.4. The minimum absolute atomic E-state index is 0.283. The third-order valence-electron chi connectivity index (χ3n) is 3.37. The average molecular weight is 327 g/mol. The molecular weight excluding hydrogens is 310 g/mol. The average Bonchev–Trinajstić information content (AvgIpc) is 3.06. The SMILES string of the molecule is C=CCOc1ccc(C(=S)NCc2ccc3c(c2)OCO3)cc1. The summed E-state index contributed by atoms with van der Waals surface area (Å²) < 4.78 is 16.1. The smallest absolute Gasteiger partial charge is 0.231 e. The molecule has 118 valence electrons. The van der Waals surface area contributed by atoms with Gasteiger partial charge in [-0.3, -0.25) is 0 Å². The highest BCUT2D eigenvalue weighted by Gasteiger charge is 2.13. The van der Waals surface area contributed by atoms with Crippen molar-refractivity contribution < 1.29 is 14.2 Å². The standard InChI is InChI=1S/C18H17NO3S/c1-2-9-20-15-6-4-14(5-7-15)18(23)19-11-13-3-8-16-17(10-13)22-12-21-16/h2-8,10H,1,9,11-12H2,(H,19,23). The van der Waals surface area contributed by atoms with Crippen molar-refractivity contribution in [2.24, 2.45) is 0 Å². The molecule has 1 aliphatic heterocycles. The fourth-order valence-electron chi connectivity index (χ4n) is 2.19. The Hall–Kier alpha value is -2.53. The number of rotatable bonds is 6. The van der Waals surface area contributed by atoms with Crippen LogP contribution < -0.4 is 19.5 Å². The highest BCUT2D eigenvalue weighted by atomic mass is 32.1. The van der Waals surface area contributed by atoms with Gasteiger partial charge < -0.3 is 19.5 Å². The molecule has 1 N–H and O–H groups in total. The van der Waals surface area contributed by atoms with Gasteiger partial charge in [-0.05, 0) is 42.0 Å². The zero-order valence-electron chi connectivity index (χ0n) is 12.6. The first-order valence-corrected chi connectivity index (χ1v) is 7.67. The predicted octanol–water partition coefficient (Wildman–Crippen LogP) is 3.45. The maximum Gasteiger partial charge on any atom is 0.231 e. The molecule has 0 saturated carbocycles. The van der Waals surface area contributed by atoms with Gasteiger partial charge in [-0.15, -0.1) is 0 Å². The first kappa shape index (κ1) is 15.4. The second-order valence-electron chi connectivity index (χ2n) is 4.99. The molecule has 0 unspecified atom stereocenters. The summed E-state index contributed by atoms with van der Waals surface area (Å²) in [4.78, 5) is 0.693. The Bertz CT molecular complexity index is 713. The van der Waals surface area contributed by atoms with Gasteiger partial charge in [0.05, 0.1) is 0 Å². The number of benzene rings is 2. The highest BCUT2D eigenvalue weighted by molar-refractivity contribution is 7.80. The summed E-state index contributed by atoms with van der Waals surface area (Å²) in [6.07, 6.45) is 1.71. The van der Waals surface area contributed by atoms with E-state index in [2.05, 4.69) is 11.9 Å². The number of fused-ring (bicyclic) bond motifs is 1. The molecule has 0 spiro atoms. The van der Waals surface area contributed by atoms with Crippen molar-refractivity contribution in [3.63, 3.8) is 0 Å². The van der Waals surface area contributed by atoms with Crippen molar-refractivity contribution in [1.82, 2.24) is 5.32 Å². The predicted molar refractivity (Wildman–Crippen MR) is 93.2 cm³/mol. The lowest BCUT2D eigenvalue weighted by atomic mass is 10.2. The largest absolute Gasteiger partial charge is 0.490 e. The summed E-state index contributed by atoms with van der Waals surface area (Å²) in [5.74, 6) is 2.36. The molecule has 3 rings (SSSR count). The first-order valence-electron chi connectivity index (χ1n) is 7.27. The molecule has 1 heterocycles. The Morgan fingerprint density at radius 3 is 2.74 bits per heavy atom. The number of ether oxygens (including phenoxy) is 3. The number of hydrogen-bond acceptors (Lipinski definition) is 4. The molecule has 0 bridgehead atoms. The number of nitrogens with one attached hydrogen (secondary N) is 1. The van der Waals surface area contributed by atoms with Crippen LogP contribution in [-0.4, -0.2) is 18.4 Å². The van der Waals surface area contributed by atoms with E-state index in [1.165, 1.54) is 0 Å². The van der Waals surface area contributed by atoms with Gasteiger partial charge in [0, 0.05) is 12.1 Å². The van der Waals surface area contributed by atoms with E-state index in [9.17, 15) is 0 Å². The van der Waals surface area contributed by atoms with Crippen LogP contribution in [0.5, 0.6) is 17.2 Å². The van der Waals surface area contributed by atoms with E-state index in [-0.39, 0.29) is 6.79 Å². The van der Waals surface area contributed by atoms with Crippen molar-refractivity contribution in [1.29, 1.82) is 0 Å². The van der Waals surface area contributed by atoms with Gasteiger partial charge in [0.15, 0.2) is 11.5 Å². The molecular formula is C18H17NO3S. The van der Waals surface area contributed by atoms with Crippen molar-refractivity contribution >= 4 is 17.2 Å². The summed E-state index contributed by atoms with van der Waals surface area (Å²) in [5.41, 5.74) is 2.04. The van der Waals surface area contributed by atoms with Crippen LogP contribution in [-0.2, 0) is 6.54 Å². The molecule has 0 aromatic heterocycles. The molecule has 2 aromatic rings. The van der Waals surface area contributed by atoms with Crippen molar-refractivity contribution in [2.45, 2.75) is 6.54 Å². The van der Waals surface area contributed by atoms with Gasteiger partial charge in [-0.25, -0.2) is 0 Å². The van der Waals surface area contributed by atoms with E-state index in [0.717, 1.165) is 28.4 Å². The van der Waals surface area contributed by atoms with Gasteiger partial charge in [0.1, 0.15) is 17.3 Å². The van der Waals surface area contributed by atoms with Gasteiger partial charge in [0.25, 0.3) is 0 Å². The zero-order chi connectivity index (χ0) is 16.1. The molecule has 0 aliphatic carbocycles. The molecule has 0 fully saturated rings. The van der Waals surface area contributed by atoms with E-state index in [1.54, 1.807) is 6.08 Å². The van der Waals surface area contributed by atoms with Gasteiger partial charge in [0.2, 0.25) is 6.79 Å². The number of thiocarbonyl (C=S) groups is 1. The molecule has 23 heavy (non-hydrogen) atoms. The second kappa shape index (κ2) is 7.15. The molecule has 0 saturated heterocycles. The molecule has 5 heteroatoms. The summed E-state index contributed by atoms with van der Waals surface area (Å²) in [6.45, 7) is 5.03. The first-order chi connectivity index (χ1) is 11.3. The topological polar surface area (TPSA) is 39.7 Å². The maximum atomic E-state index is 5.45. The Labute approximate surface area is 140 Å². The second-order valence-corrected chi connectivity index (χ2v) is 5.40. The summed E-state index contributed by atoms with van der Waals surface area (Å²) in [6, 6.07) is 13.5. The fourth-order valence-corrected chi connectivity index (χ4v) is 2.40. The monoisotopic (exact) mass is 327 g/mol. The van der Waals surface area contributed by atoms with Crippen molar-refractivity contribution in [3.8, 4) is 17.2 Å². The maximum absolute atomic E-state index is 5.45. The molecule has 0 amide bonds. The molecule has 0 atom stereocenters. The Morgan fingerprint density at radius 1 is 1.17 bits per heavy atom. The third-order valence-corrected chi connectivity index (χ3v) is 3.75. The van der Waals surface area contributed by atoms with Crippen LogP contribution >= 0.6 is 12.2 Å². The van der Waals surface area contributed by atoms with E-state index in [1.807, 2.05) is 42.5 Å². The van der Waals surface area contributed by atoms with Crippen LogP contribution in [0, 0.1) is 0 Å². The van der Waals surface area contributed by atoms with Crippen LogP contribution in [0.25, 0.3) is 0 Å². The summed E-state index contributed by atoms with van der Waals surface area (Å²) in [7, 11) is 0. The molecule has 1 aliphatic rings. The van der Waals surface area contributed by atoms with Crippen molar-refractivity contribution in [2.75, 3.05) is 13.4 Å².